The van der Waals surface area contributed by atoms with Gasteiger partial charge < -0.3 is 4.90 Å². The lowest BCUT2D eigenvalue weighted by atomic mass is 9.56. The van der Waals surface area contributed by atoms with Crippen LogP contribution in [0.15, 0.2) is 24.3 Å². The molecule has 1 aromatic rings. The van der Waals surface area contributed by atoms with Gasteiger partial charge in [-0.15, -0.1) is 0 Å². The third-order valence-corrected chi connectivity index (χ3v) is 8.31. The number of likely N-dealkylation sites (tertiary alicyclic amines) is 1. The number of benzene rings is 1. The van der Waals surface area contributed by atoms with Crippen LogP contribution in [0.1, 0.15) is 102 Å². The molecule has 0 unspecified atom stereocenters. The predicted molar refractivity (Wildman–Crippen MR) is 117 cm³/mol. The van der Waals surface area contributed by atoms with E-state index in [1.165, 1.54) is 57.2 Å². The SMILES string of the molecule is CCC(=O)C1CCC2(CC1)CC(N1CCC(c3ccc(C(C)C)cc3)CC1)C2. The minimum absolute atomic E-state index is 0.382. The molecule has 0 N–H and O–H groups in total. The Morgan fingerprint density at radius 1 is 1.04 bits per heavy atom. The minimum Gasteiger partial charge on any atom is -0.300 e. The fourth-order valence-electron chi connectivity index (χ4n) is 6.20. The highest BCUT2D eigenvalue weighted by Gasteiger charge is 2.48. The zero-order valence-electron chi connectivity index (χ0n) is 18.3. The van der Waals surface area contributed by atoms with Gasteiger partial charge in [0.1, 0.15) is 5.78 Å². The molecule has 2 heteroatoms. The molecule has 1 heterocycles. The molecular weight excluding hydrogens is 342 g/mol. The summed E-state index contributed by atoms with van der Waals surface area (Å²) in [6, 6.07) is 10.2. The molecule has 1 aliphatic heterocycles. The second kappa shape index (κ2) is 8.30. The number of hydrogen-bond donors (Lipinski definition) is 0. The molecule has 0 aromatic heterocycles. The number of Topliss-reactive ketones (excluding diaryl/α,β-unsaturated/α-hetero) is 1. The lowest BCUT2D eigenvalue weighted by Gasteiger charge is -2.55. The lowest BCUT2D eigenvalue weighted by molar-refractivity contribution is -0.125. The summed E-state index contributed by atoms with van der Waals surface area (Å²) in [5.41, 5.74) is 3.60. The topological polar surface area (TPSA) is 20.3 Å². The van der Waals surface area contributed by atoms with E-state index >= 15 is 0 Å². The van der Waals surface area contributed by atoms with Gasteiger partial charge in [0.05, 0.1) is 0 Å². The maximum Gasteiger partial charge on any atom is 0.135 e. The monoisotopic (exact) mass is 381 g/mol. The number of rotatable bonds is 5. The average Bonchev–Trinajstić information content (AvgIpc) is 2.72. The Hall–Kier alpha value is -1.15. The number of carbonyl (C=O) groups excluding carboxylic acids is 1. The van der Waals surface area contributed by atoms with Crippen molar-refractivity contribution < 1.29 is 4.79 Å². The molecule has 1 spiro atoms. The van der Waals surface area contributed by atoms with Crippen molar-refractivity contribution in [1.29, 1.82) is 0 Å². The van der Waals surface area contributed by atoms with E-state index in [2.05, 4.69) is 43.0 Å². The normalized spacial score (nSPS) is 31.9. The first-order valence-electron chi connectivity index (χ1n) is 11.9. The van der Waals surface area contributed by atoms with Crippen molar-refractivity contribution in [3.63, 3.8) is 0 Å². The van der Waals surface area contributed by atoms with Crippen molar-refractivity contribution in [2.24, 2.45) is 11.3 Å². The van der Waals surface area contributed by atoms with Crippen LogP contribution in [-0.2, 0) is 4.79 Å². The van der Waals surface area contributed by atoms with Crippen LogP contribution in [0, 0.1) is 11.3 Å². The second-order valence-corrected chi connectivity index (χ2v) is 10.3. The molecule has 3 aliphatic rings. The van der Waals surface area contributed by atoms with Crippen LogP contribution in [0.5, 0.6) is 0 Å². The average molecular weight is 382 g/mol. The fourth-order valence-corrected chi connectivity index (χ4v) is 6.20. The van der Waals surface area contributed by atoms with E-state index in [9.17, 15) is 4.79 Å². The van der Waals surface area contributed by atoms with Gasteiger partial charge in [0.15, 0.2) is 0 Å². The smallest absolute Gasteiger partial charge is 0.135 e. The predicted octanol–water partition coefficient (Wildman–Crippen LogP) is 6.31. The molecule has 0 atom stereocenters. The first-order chi connectivity index (χ1) is 13.5. The number of nitrogens with zero attached hydrogens (tertiary/aromatic N) is 1. The van der Waals surface area contributed by atoms with Crippen LogP contribution in [0.4, 0.5) is 0 Å². The highest BCUT2D eigenvalue weighted by atomic mass is 16.1. The van der Waals surface area contributed by atoms with Crippen LogP contribution in [0.2, 0.25) is 0 Å². The molecule has 1 aromatic carbocycles. The van der Waals surface area contributed by atoms with Gasteiger partial charge in [-0.3, -0.25) is 4.79 Å². The summed E-state index contributed by atoms with van der Waals surface area (Å²) in [5.74, 6) is 2.26. The van der Waals surface area contributed by atoms with Gasteiger partial charge in [-0.2, -0.15) is 0 Å². The Bertz CT molecular complexity index is 652. The quantitative estimate of drug-likeness (QED) is 0.596. The molecule has 154 valence electrons. The maximum atomic E-state index is 12.0. The summed E-state index contributed by atoms with van der Waals surface area (Å²) in [5, 5.41) is 0. The Balaban J connectivity index is 1.23. The van der Waals surface area contributed by atoms with E-state index in [1.54, 1.807) is 5.56 Å². The molecule has 0 radical (unpaired) electrons. The van der Waals surface area contributed by atoms with Crippen molar-refractivity contribution >= 4 is 5.78 Å². The first kappa shape index (κ1) is 20.1. The highest BCUT2D eigenvalue weighted by Crippen LogP contribution is 2.55. The molecule has 0 amide bonds. The van der Waals surface area contributed by atoms with Crippen LogP contribution >= 0.6 is 0 Å². The van der Waals surface area contributed by atoms with Crippen molar-refractivity contribution in [1.82, 2.24) is 4.90 Å². The van der Waals surface area contributed by atoms with Crippen molar-refractivity contribution in [3.8, 4) is 0 Å². The van der Waals surface area contributed by atoms with Crippen LogP contribution < -0.4 is 0 Å². The minimum atomic E-state index is 0.382. The summed E-state index contributed by atoms with van der Waals surface area (Å²) >= 11 is 0. The van der Waals surface area contributed by atoms with Crippen molar-refractivity contribution in [2.45, 2.75) is 96.4 Å². The first-order valence-corrected chi connectivity index (χ1v) is 11.9. The molecule has 4 rings (SSSR count). The van der Waals surface area contributed by atoms with Gasteiger partial charge in [-0.05, 0) is 92.8 Å². The summed E-state index contributed by atoms with van der Waals surface area (Å²) in [6.45, 7) is 9.11. The van der Waals surface area contributed by atoms with E-state index in [4.69, 9.17) is 0 Å². The number of piperidine rings is 1. The van der Waals surface area contributed by atoms with Gasteiger partial charge >= 0.3 is 0 Å². The van der Waals surface area contributed by atoms with Crippen LogP contribution in [0.25, 0.3) is 0 Å². The van der Waals surface area contributed by atoms with E-state index in [-0.39, 0.29) is 0 Å². The van der Waals surface area contributed by atoms with Gasteiger partial charge in [-0.25, -0.2) is 0 Å². The Morgan fingerprint density at radius 2 is 1.64 bits per heavy atom. The molecule has 2 saturated carbocycles. The summed E-state index contributed by atoms with van der Waals surface area (Å²) in [7, 11) is 0. The summed E-state index contributed by atoms with van der Waals surface area (Å²) < 4.78 is 0. The molecule has 1 saturated heterocycles. The number of hydrogen-bond acceptors (Lipinski definition) is 2. The van der Waals surface area contributed by atoms with Gasteiger partial charge in [-0.1, -0.05) is 45.0 Å². The standard InChI is InChI=1S/C26H39NO/c1-4-25(28)23-9-13-26(14-10-23)17-24(18-26)27-15-11-22(12-16-27)21-7-5-20(6-8-21)19(2)3/h5-8,19,22-24H,4,9-18H2,1-3H3. The second-order valence-electron chi connectivity index (χ2n) is 10.3. The lowest BCUT2D eigenvalue weighted by Crippen LogP contribution is -2.54. The van der Waals surface area contributed by atoms with E-state index < -0.39 is 0 Å². The van der Waals surface area contributed by atoms with Gasteiger partial charge in [0.25, 0.3) is 0 Å². The van der Waals surface area contributed by atoms with Crippen LogP contribution in [0.3, 0.4) is 0 Å². The highest BCUT2D eigenvalue weighted by molar-refractivity contribution is 5.80. The summed E-state index contributed by atoms with van der Waals surface area (Å²) in [6.07, 6.45) is 11.1. The third kappa shape index (κ3) is 4.08. The molecule has 0 bridgehead atoms. The molecular formula is C26H39NO. The van der Waals surface area contributed by atoms with Gasteiger partial charge in [0, 0.05) is 18.4 Å². The molecule has 2 nitrogen and oxygen atoms in total. The van der Waals surface area contributed by atoms with Crippen molar-refractivity contribution in [2.75, 3.05) is 13.1 Å². The maximum absolute atomic E-state index is 12.0. The third-order valence-electron chi connectivity index (χ3n) is 8.31. The zero-order valence-corrected chi connectivity index (χ0v) is 18.3. The van der Waals surface area contributed by atoms with E-state index in [0.29, 0.717) is 23.0 Å². The van der Waals surface area contributed by atoms with E-state index in [1.807, 2.05) is 6.92 Å². The summed E-state index contributed by atoms with van der Waals surface area (Å²) in [4.78, 5) is 14.8. The Morgan fingerprint density at radius 3 is 2.18 bits per heavy atom. The van der Waals surface area contributed by atoms with Gasteiger partial charge in [0.2, 0.25) is 0 Å². The zero-order chi connectivity index (χ0) is 19.7. The van der Waals surface area contributed by atoms with Crippen LogP contribution in [-0.4, -0.2) is 29.8 Å². The van der Waals surface area contributed by atoms with E-state index in [0.717, 1.165) is 31.2 Å². The Kier molecular flexibility index (Phi) is 5.97. The number of carbonyl (C=O) groups is 1. The molecule has 28 heavy (non-hydrogen) atoms. The largest absolute Gasteiger partial charge is 0.300 e. The fraction of sp³-hybridized carbons (Fsp3) is 0.731. The Labute approximate surface area is 172 Å². The number of ketones is 1. The molecule has 3 fully saturated rings. The molecule has 2 aliphatic carbocycles. The van der Waals surface area contributed by atoms with Crippen molar-refractivity contribution in [3.05, 3.63) is 35.4 Å².